The molecule has 3 heteroatoms. The zero-order valence-electron chi connectivity index (χ0n) is 27.3. The highest BCUT2D eigenvalue weighted by Gasteiger charge is 2.20. The maximum absolute atomic E-state index is 5.40. The van der Waals surface area contributed by atoms with E-state index >= 15 is 0 Å². The zero-order chi connectivity index (χ0) is 31.9. The monoisotopic (exact) mass is 595 g/mol. The molecular formula is C43H37N3. The molecule has 2 heterocycles. The Labute approximate surface area is 271 Å². The van der Waals surface area contributed by atoms with Gasteiger partial charge in [-0.05, 0) is 110 Å². The normalized spacial score (nSPS) is 11.3. The first-order chi connectivity index (χ1) is 22.3. The lowest BCUT2D eigenvalue weighted by molar-refractivity contribution is 1.28. The van der Waals surface area contributed by atoms with Gasteiger partial charge in [-0.3, -0.25) is 4.98 Å². The topological polar surface area (TPSA) is 38.7 Å². The number of fused-ring (bicyclic) bond motifs is 1. The Hall–Kier alpha value is -5.41. The van der Waals surface area contributed by atoms with Crippen LogP contribution >= 0.6 is 0 Å². The predicted molar refractivity (Wildman–Crippen MR) is 193 cm³/mol. The summed E-state index contributed by atoms with van der Waals surface area (Å²) in [6.07, 6.45) is 1.83. The predicted octanol–water partition coefficient (Wildman–Crippen LogP) is 11.2. The number of pyridine rings is 1. The molecule has 0 aliphatic carbocycles. The number of nitrogens with zero attached hydrogens (tertiary/aromatic N) is 3. The molecule has 0 bridgehead atoms. The van der Waals surface area contributed by atoms with E-state index in [1.807, 2.05) is 30.5 Å². The Balaban J connectivity index is 1.52. The van der Waals surface area contributed by atoms with Gasteiger partial charge >= 0.3 is 0 Å². The fourth-order valence-electron chi connectivity index (χ4n) is 7.06. The van der Waals surface area contributed by atoms with Gasteiger partial charge in [0.05, 0.1) is 28.1 Å². The second-order valence-electron chi connectivity index (χ2n) is 12.5. The summed E-state index contributed by atoms with van der Waals surface area (Å²) in [6.45, 7) is 13.2. The molecule has 0 aliphatic rings. The third-order valence-electron chi connectivity index (χ3n) is 8.86. The lowest BCUT2D eigenvalue weighted by atomic mass is 9.85. The first-order valence-corrected chi connectivity index (χ1v) is 15.9. The van der Waals surface area contributed by atoms with Crippen LogP contribution in [0.1, 0.15) is 33.4 Å². The van der Waals surface area contributed by atoms with E-state index in [1.165, 1.54) is 55.6 Å². The fourth-order valence-corrected chi connectivity index (χ4v) is 7.06. The molecule has 0 aliphatic heterocycles. The van der Waals surface area contributed by atoms with Crippen LogP contribution in [0.15, 0.2) is 115 Å². The summed E-state index contributed by atoms with van der Waals surface area (Å²) in [7, 11) is 0. The lowest BCUT2D eigenvalue weighted by Crippen LogP contribution is -2.00. The summed E-state index contributed by atoms with van der Waals surface area (Å²) < 4.78 is 0. The van der Waals surface area contributed by atoms with Crippen molar-refractivity contribution in [2.75, 3.05) is 0 Å². The van der Waals surface area contributed by atoms with Gasteiger partial charge in [-0.2, -0.15) is 0 Å². The second kappa shape index (κ2) is 11.8. The van der Waals surface area contributed by atoms with Crippen LogP contribution in [-0.2, 0) is 0 Å². The maximum atomic E-state index is 5.40. The molecule has 0 spiro atoms. The summed E-state index contributed by atoms with van der Waals surface area (Å²) in [5.41, 5.74) is 20.1. The van der Waals surface area contributed by atoms with Crippen molar-refractivity contribution >= 4 is 11.0 Å². The van der Waals surface area contributed by atoms with E-state index in [4.69, 9.17) is 9.97 Å². The van der Waals surface area contributed by atoms with Crippen molar-refractivity contribution in [2.24, 2.45) is 0 Å². The molecule has 224 valence electrons. The molecule has 0 atom stereocenters. The van der Waals surface area contributed by atoms with Crippen molar-refractivity contribution in [3.63, 3.8) is 0 Å². The number of aryl methyl sites for hydroxylation is 6. The number of hydrogen-bond acceptors (Lipinski definition) is 3. The Bertz CT molecular complexity index is 2190. The second-order valence-corrected chi connectivity index (χ2v) is 12.5. The van der Waals surface area contributed by atoms with Crippen molar-refractivity contribution in [2.45, 2.75) is 41.5 Å². The van der Waals surface area contributed by atoms with Crippen LogP contribution in [0.25, 0.3) is 67.1 Å². The van der Waals surface area contributed by atoms with Crippen LogP contribution in [0, 0.1) is 41.5 Å². The average molecular weight is 596 g/mol. The average Bonchev–Trinajstić information content (AvgIpc) is 3.04. The number of rotatable bonds is 5. The van der Waals surface area contributed by atoms with E-state index in [1.54, 1.807) is 0 Å². The smallest absolute Gasteiger partial charge is 0.0973 e. The summed E-state index contributed by atoms with van der Waals surface area (Å²) >= 11 is 0. The largest absolute Gasteiger partial charge is 0.256 e. The van der Waals surface area contributed by atoms with E-state index in [0.717, 1.165) is 44.8 Å². The summed E-state index contributed by atoms with van der Waals surface area (Å²) in [5.74, 6) is 0. The molecule has 5 aromatic carbocycles. The van der Waals surface area contributed by atoms with Gasteiger partial charge in [-0.15, -0.1) is 0 Å². The van der Waals surface area contributed by atoms with Gasteiger partial charge in [0.2, 0.25) is 0 Å². The van der Waals surface area contributed by atoms with Crippen molar-refractivity contribution < 1.29 is 0 Å². The van der Waals surface area contributed by atoms with E-state index in [-0.39, 0.29) is 0 Å². The van der Waals surface area contributed by atoms with Crippen LogP contribution in [0.3, 0.4) is 0 Å². The third-order valence-corrected chi connectivity index (χ3v) is 8.86. The van der Waals surface area contributed by atoms with Gasteiger partial charge in [0.1, 0.15) is 0 Å². The molecule has 7 rings (SSSR count). The molecule has 0 N–H and O–H groups in total. The minimum Gasteiger partial charge on any atom is -0.256 e. The minimum atomic E-state index is 0.866. The molecule has 0 fully saturated rings. The molecule has 3 nitrogen and oxygen atoms in total. The highest BCUT2D eigenvalue weighted by atomic mass is 14.8. The van der Waals surface area contributed by atoms with Crippen molar-refractivity contribution in [3.8, 4) is 56.0 Å². The Morgan fingerprint density at radius 3 is 1.30 bits per heavy atom. The zero-order valence-corrected chi connectivity index (χ0v) is 27.3. The fraction of sp³-hybridized carbons (Fsp3) is 0.140. The molecule has 46 heavy (non-hydrogen) atoms. The van der Waals surface area contributed by atoms with Gasteiger partial charge in [-0.25, -0.2) is 9.97 Å². The van der Waals surface area contributed by atoms with Crippen LogP contribution in [0.4, 0.5) is 0 Å². The summed E-state index contributed by atoms with van der Waals surface area (Å²) in [4.78, 5) is 15.3. The standard InChI is InChI=1S/C43H37N3/c1-26-20-28(3)40(29(4)21-26)35-24-38-39(25-36(35)41-30(5)22-27(2)23-31(41)6)46-43(42(45-38)33-12-8-7-9-13-33)34-17-15-32(16-18-34)37-14-10-11-19-44-37/h7-25H,1-6H3. The van der Waals surface area contributed by atoms with Crippen molar-refractivity contribution in [3.05, 3.63) is 149 Å². The van der Waals surface area contributed by atoms with Gasteiger partial charge in [0, 0.05) is 22.9 Å². The van der Waals surface area contributed by atoms with E-state index in [2.05, 4.69) is 131 Å². The van der Waals surface area contributed by atoms with Gasteiger partial charge in [-0.1, -0.05) is 96.1 Å². The molecule has 0 unspecified atom stereocenters. The lowest BCUT2D eigenvalue weighted by Gasteiger charge is -2.20. The highest BCUT2D eigenvalue weighted by Crippen LogP contribution is 2.42. The van der Waals surface area contributed by atoms with Gasteiger partial charge in [0.25, 0.3) is 0 Å². The van der Waals surface area contributed by atoms with Crippen molar-refractivity contribution in [1.29, 1.82) is 0 Å². The molecule has 2 aromatic heterocycles. The van der Waals surface area contributed by atoms with Gasteiger partial charge in [0.15, 0.2) is 0 Å². The number of aromatic nitrogens is 3. The van der Waals surface area contributed by atoms with Crippen LogP contribution in [-0.4, -0.2) is 15.0 Å². The van der Waals surface area contributed by atoms with Crippen molar-refractivity contribution in [1.82, 2.24) is 15.0 Å². The Kier molecular flexibility index (Phi) is 7.54. The molecule has 0 saturated carbocycles. The van der Waals surface area contributed by atoms with Crippen LogP contribution in [0.5, 0.6) is 0 Å². The number of hydrogen-bond donors (Lipinski definition) is 0. The molecule has 0 radical (unpaired) electrons. The highest BCUT2D eigenvalue weighted by molar-refractivity contribution is 5.98. The molecule has 0 amide bonds. The quantitative estimate of drug-likeness (QED) is 0.199. The SMILES string of the molecule is Cc1cc(C)c(-c2cc3nc(-c4ccccc4)c(-c4ccc(-c5ccccn5)cc4)nc3cc2-c2c(C)cc(C)cc2C)c(C)c1. The van der Waals surface area contributed by atoms with Crippen LogP contribution < -0.4 is 0 Å². The number of benzene rings is 5. The molecule has 7 aromatic rings. The van der Waals surface area contributed by atoms with E-state index in [0.29, 0.717) is 0 Å². The molecule has 0 saturated heterocycles. The van der Waals surface area contributed by atoms with Gasteiger partial charge < -0.3 is 0 Å². The summed E-state index contributed by atoms with van der Waals surface area (Å²) in [5, 5.41) is 0. The first kappa shape index (κ1) is 29.3. The van der Waals surface area contributed by atoms with E-state index < -0.39 is 0 Å². The minimum absolute atomic E-state index is 0.866. The Morgan fingerprint density at radius 1 is 0.413 bits per heavy atom. The Morgan fingerprint density at radius 2 is 0.848 bits per heavy atom. The maximum Gasteiger partial charge on any atom is 0.0973 e. The van der Waals surface area contributed by atoms with E-state index in [9.17, 15) is 0 Å². The van der Waals surface area contributed by atoms with Crippen LogP contribution in [0.2, 0.25) is 0 Å². The molecular weight excluding hydrogens is 558 g/mol. The summed E-state index contributed by atoms with van der Waals surface area (Å²) in [6, 6.07) is 38.5. The third kappa shape index (κ3) is 5.39. The first-order valence-electron chi connectivity index (χ1n) is 15.9.